The van der Waals surface area contributed by atoms with Crippen LogP contribution in [0, 0.1) is 0 Å². The maximum Gasteiger partial charge on any atom is 0.407 e. The van der Waals surface area contributed by atoms with Gasteiger partial charge in [-0.05, 0) is 38.9 Å². The highest BCUT2D eigenvalue weighted by Gasteiger charge is 2.38. The molecule has 0 aromatic heterocycles. The second-order valence-electron chi connectivity index (χ2n) is 10.9. The molecule has 0 aliphatic heterocycles. The van der Waals surface area contributed by atoms with E-state index in [1.54, 1.807) is 0 Å². The Hall–Kier alpha value is -5.20. The maximum absolute atomic E-state index is 13.8. The topological polar surface area (TPSA) is 87.7 Å². The number of benzene rings is 5. The second-order valence-corrected chi connectivity index (χ2v) is 10.9. The van der Waals surface area contributed by atoms with E-state index >= 15 is 0 Å². The van der Waals surface area contributed by atoms with Crippen molar-refractivity contribution >= 4 is 12.0 Å². The number of aliphatic hydroxyl groups is 1. The molecule has 0 radical (unpaired) electrons. The van der Waals surface area contributed by atoms with Gasteiger partial charge in [0.1, 0.15) is 12.1 Å². The number of carbonyl (C=O) groups excluding carboxylic acids is 2. The largest absolute Gasteiger partial charge is 0.449 e. The molecule has 0 fully saturated rings. The van der Waals surface area contributed by atoms with E-state index in [9.17, 15) is 14.7 Å². The maximum atomic E-state index is 13.8. The number of alkyl carbamates (subject to hydrolysis) is 1. The minimum atomic E-state index is -0.995. The minimum absolute atomic E-state index is 0.0905. The molecule has 0 unspecified atom stereocenters. The van der Waals surface area contributed by atoms with Crippen LogP contribution in [0.2, 0.25) is 0 Å². The highest BCUT2D eigenvalue weighted by atomic mass is 16.5. The molecule has 1 aliphatic carbocycles. The van der Waals surface area contributed by atoms with E-state index in [0.717, 1.165) is 38.9 Å². The monoisotopic (exact) mass is 582 g/mol. The summed E-state index contributed by atoms with van der Waals surface area (Å²) in [6.07, 6.45) is -0.825. The molecule has 0 bridgehead atoms. The first-order chi connectivity index (χ1) is 21.6. The molecule has 0 spiro atoms. The highest BCUT2D eigenvalue weighted by Crippen LogP contribution is 2.44. The summed E-state index contributed by atoms with van der Waals surface area (Å²) in [5, 5.41) is 16.1. The molecule has 0 saturated heterocycles. The number of fused-ring (bicyclic) bond motifs is 3. The summed E-state index contributed by atoms with van der Waals surface area (Å²) in [6.45, 7) is -0.282. The number of carbonyl (C=O) groups is 2. The number of nitrogens with one attached hydrogen (secondary N) is 2. The predicted octanol–water partition coefficient (Wildman–Crippen LogP) is 6.38. The van der Waals surface area contributed by atoms with E-state index in [0.29, 0.717) is 0 Å². The van der Waals surface area contributed by atoms with Gasteiger partial charge in [0.25, 0.3) is 0 Å². The van der Waals surface area contributed by atoms with Crippen molar-refractivity contribution in [2.75, 3.05) is 13.2 Å². The van der Waals surface area contributed by atoms with Crippen LogP contribution in [0.4, 0.5) is 4.79 Å². The summed E-state index contributed by atoms with van der Waals surface area (Å²) in [6, 6.07) is 44.8. The first kappa shape index (κ1) is 28.9. The van der Waals surface area contributed by atoms with E-state index in [1.807, 2.05) is 115 Å². The first-order valence-electron chi connectivity index (χ1n) is 14.8. The lowest BCUT2D eigenvalue weighted by atomic mass is 9.77. The van der Waals surface area contributed by atoms with Crippen molar-refractivity contribution < 1.29 is 19.4 Å². The van der Waals surface area contributed by atoms with Crippen LogP contribution in [0.5, 0.6) is 0 Å². The zero-order valence-corrected chi connectivity index (χ0v) is 24.2. The number of aliphatic hydroxyl groups excluding tert-OH is 1. The number of hydrogen-bond donors (Lipinski definition) is 3. The van der Waals surface area contributed by atoms with E-state index < -0.39 is 24.3 Å². The average Bonchev–Trinajstić information content (AvgIpc) is 3.40. The van der Waals surface area contributed by atoms with Gasteiger partial charge in [-0.1, -0.05) is 140 Å². The molecule has 6 rings (SSSR count). The SMILES string of the molecule is O=C(C[C@@H](CO)NC(=O)OCC1c2ccccc2-c2ccccc21)NC(c1ccccc1)(c1ccccc1)c1ccccc1. The van der Waals surface area contributed by atoms with Gasteiger partial charge in [-0.25, -0.2) is 4.79 Å². The number of ether oxygens (including phenoxy) is 1. The third-order valence-corrected chi connectivity index (χ3v) is 8.27. The van der Waals surface area contributed by atoms with Gasteiger partial charge in [0, 0.05) is 12.3 Å². The Labute approximate surface area is 257 Å². The molecule has 2 amide bonds. The Morgan fingerprint density at radius 3 is 1.55 bits per heavy atom. The van der Waals surface area contributed by atoms with Gasteiger partial charge in [-0.2, -0.15) is 0 Å². The first-order valence-corrected chi connectivity index (χ1v) is 14.8. The summed E-state index contributed by atoms with van der Waals surface area (Å²) in [5.74, 6) is -0.424. The van der Waals surface area contributed by atoms with Crippen molar-refractivity contribution in [1.29, 1.82) is 0 Å². The quantitative estimate of drug-likeness (QED) is 0.167. The molecular weight excluding hydrogens is 548 g/mol. The van der Waals surface area contributed by atoms with Crippen molar-refractivity contribution in [2.45, 2.75) is 23.9 Å². The molecule has 5 aromatic rings. The van der Waals surface area contributed by atoms with Gasteiger partial charge in [0.05, 0.1) is 12.6 Å². The molecule has 6 heteroatoms. The van der Waals surface area contributed by atoms with Gasteiger partial charge in [0.2, 0.25) is 5.91 Å². The second kappa shape index (κ2) is 13.0. The molecule has 220 valence electrons. The summed E-state index contributed by atoms with van der Waals surface area (Å²) < 4.78 is 5.67. The summed E-state index contributed by atoms with van der Waals surface area (Å²) in [7, 11) is 0. The van der Waals surface area contributed by atoms with Gasteiger partial charge < -0.3 is 20.5 Å². The Morgan fingerprint density at radius 1 is 0.659 bits per heavy atom. The summed E-state index contributed by atoms with van der Waals surface area (Å²) >= 11 is 0. The number of amides is 2. The van der Waals surface area contributed by atoms with Crippen LogP contribution in [0.25, 0.3) is 11.1 Å². The molecule has 5 aromatic carbocycles. The summed E-state index contributed by atoms with van der Waals surface area (Å²) in [4.78, 5) is 26.7. The van der Waals surface area contributed by atoms with E-state index in [4.69, 9.17) is 4.74 Å². The standard InChI is InChI=1S/C38H34N2O4/c41-25-30(39-37(43)44-26-35-33-22-12-10-20-31(33)32-21-11-13-23-34(32)35)24-36(42)40-38(27-14-4-1-5-15-27,28-16-6-2-7-17-28)29-18-8-3-9-19-29/h1-23,30,35,41H,24-26H2,(H,39,43)(H,40,42)/t30-/m0/s1. The molecule has 0 saturated carbocycles. The van der Waals surface area contributed by atoms with Crippen LogP contribution in [0.3, 0.4) is 0 Å². The Balaban J connectivity index is 1.18. The fourth-order valence-electron chi connectivity index (χ4n) is 6.23. The smallest absolute Gasteiger partial charge is 0.407 e. The van der Waals surface area contributed by atoms with Crippen LogP contribution in [-0.2, 0) is 15.1 Å². The van der Waals surface area contributed by atoms with Crippen molar-refractivity contribution in [3.05, 3.63) is 167 Å². The molecule has 3 N–H and O–H groups in total. The van der Waals surface area contributed by atoms with Crippen molar-refractivity contribution in [2.24, 2.45) is 0 Å². The van der Waals surface area contributed by atoms with E-state index in [-0.39, 0.29) is 24.9 Å². The third kappa shape index (κ3) is 5.72. The molecule has 0 heterocycles. The lowest BCUT2D eigenvalue weighted by Crippen LogP contribution is -2.50. The van der Waals surface area contributed by atoms with Crippen LogP contribution in [0.1, 0.15) is 40.2 Å². The Bertz CT molecular complexity index is 1580. The lowest BCUT2D eigenvalue weighted by molar-refractivity contribution is -0.123. The Morgan fingerprint density at radius 2 is 1.09 bits per heavy atom. The highest BCUT2D eigenvalue weighted by molar-refractivity contribution is 5.81. The minimum Gasteiger partial charge on any atom is -0.449 e. The van der Waals surface area contributed by atoms with E-state index in [1.165, 1.54) is 0 Å². The molecule has 1 aliphatic rings. The zero-order chi connectivity index (χ0) is 30.4. The van der Waals surface area contributed by atoms with Gasteiger partial charge in [-0.15, -0.1) is 0 Å². The lowest BCUT2D eigenvalue weighted by Gasteiger charge is -2.37. The normalized spacial score (nSPS) is 12.9. The van der Waals surface area contributed by atoms with Crippen LogP contribution >= 0.6 is 0 Å². The molecule has 1 atom stereocenters. The van der Waals surface area contributed by atoms with Gasteiger partial charge in [0.15, 0.2) is 0 Å². The zero-order valence-electron chi connectivity index (χ0n) is 24.2. The number of rotatable bonds is 10. The fraction of sp³-hybridized carbons (Fsp3) is 0.158. The predicted molar refractivity (Wildman–Crippen MR) is 171 cm³/mol. The van der Waals surface area contributed by atoms with Crippen LogP contribution < -0.4 is 10.6 Å². The van der Waals surface area contributed by atoms with Crippen molar-refractivity contribution in [1.82, 2.24) is 10.6 Å². The molecule has 6 nitrogen and oxygen atoms in total. The third-order valence-electron chi connectivity index (χ3n) is 8.27. The Kier molecular flexibility index (Phi) is 8.52. The van der Waals surface area contributed by atoms with E-state index in [2.05, 4.69) is 34.9 Å². The van der Waals surface area contributed by atoms with Crippen LogP contribution in [-0.4, -0.2) is 36.4 Å². The summed E-state index contributed by atoms with van der Waals surface area (Å²) in [5.41, 5.74) is 6.16. The van der Waals surface area contributed by atoms with Gasteiger partial charge >= 0.3 is 6.09 Å². The average molecular weight is 583 g/mol. The fourth-order valence-corrected chi connectivity index (χ4v) is 6.23. The van der Waals surface area contributed by atoms with Crippen LogP contribution in [0.15, 0.2) is 140 Å². The molecule has 44 heavy (non-hydrogen) atoms. The number of hydrogen-bond acceptors (Lipinski definition) is 4. The van der Waals surface area contributed by atoms with Crippen molar-refractivity contribution in [3.63, 3.8) is 0 Å². The molecular formula is C38H34N2O4. The van der Waals surface area contributed by atoms with Crippen molar-refractivity contribution in [3.8, 4) is 11.1 Å². The van der Waals surface area contributed by atoms with Gasteiger partial charge in [-0.3, -0.25) is 4.79 Å².